The molecule has 21 heavy (non-hydrogen) atoms. The monoisotopic (exact) mass is 280 g/mol. The summed E-state index contributed by atoms with van der Waals surface area (Å²) in [7, 11) is 0. The number of nitrogens with zero attached hydrogens (tertiary/aromatic N) is 1. The van der Waals surface area contributed by atoms with Crippen LogP contribution in [0.4, 0.5) is 5.69 Å². The predicted octanol–water partition coefficient (Wildman–Crippen LogP) is 4.06. The topological polar surface area (TPSA) is 40.2 Å². The molecule has 0 atom stereocenters. The number of fused-ring (bicyclic) bond motifs is 1. The van der Waals surface area contributed by atoms with Crippen LogP contribution in [0.5, 0.6) is 5.75 Å². The van der Waals surface area contributed by atoms with Crippen LogP contribution in [0.25, 0.3) is 10.9 Å². The number of nitrogen functional groups attached to an aromatic ring is 1. The summed E-state index contributed by atoms with van der Waals surface area (Å²) < 4.78 is 8.11. The molecule has 2 aromatic carbocycles. The van der Waals surface area contributed by atoms with E-state index in [1.165, 1.54) is 11.1 Å². The lowest BCUT2D eigenvalue weighted by atomic mass is 10.2. The molecule has 0 aliphatic carbocycles. The molecular weight excluding hydrogens is 260 g/mol. The summed E-state index contributed by atoms with van der Waals surface area (Å²) in [5, 5.41) is 1.15. The van der Waals surface area contributed by atoms with Gasteiger partial charge < -0.3 is 15.0 Å². The van der Waals surface area contributed by atoms with E-state index in [1.807, 2.05) is 38.1 Å². The second kappa shape index (κ2) is 5.52. The number of hydrogen-bond donors (Lipinski definition) is 1. The molecule has 0 spiro atoms. The molecule has 0 saturated heterocycles. The molecule has 0 unspecified atom stereocenters. The van der Waals surface area contributed by atoms with E-state index in [0.29, 0.717) is 0 Å². The van der Waals surface area contributed by atoms with Crippen molar-refractivity contribution >= 4 is 16.6 Å². The van der Waals surface area contributed by atoms with Crippen molar-refractivity contribution in [1.82, 2.24) is 4.57 Å². The summed E-state index contributed by atoms with van der Waals surface area (Å²) in [4.78, 5) is 0. The van der Waals surface area contributed by atoms with Crippen molar-refractivity contribution < 1.29 is 4.74 Å². The summed E-state index contributed by atoms with van der Waals surface area (Å²) in [6.45, 7) is 4.92. The van der Waals surface area contributed by atoms with Gasteiger partial charge in [0.1, 0.15) is 5.75 Å². The Morgan fingerprint density at radius 1 is 1.05 bits per heavy atom. The van der Waals surface area contributed by atoms with Crippen LogP contribution in [0.3, 0.4) is 0 Å². The summed E-state index contributed by atoms with van der Waals surface area (Å²) in [6.07, 6.45) is 2.28. The third-order valence-electron chi connectivity index (χ3n) is 3.47. The number of rotatable bonds is 4. The Hall–Kier alpha value is -2.42. The van der Waals surface area contributed by atoms with Gasteiger partial charge in [0.05, 0.1) is 11.6 Å². The van der Waals surface area contributed by atoms with E-state index in [4.69, 9.17) is 10.5 Å². The number of nitrogens with two attached hydrogens (primary N) is 1. The van der Waals surface area contributed by atoms with E-state index in [9.17, 15) is 0 Å². The van der Waals surface area contributed by atoms with E-state index >= 15 is 0 Å². The molecule has 1 heterocycles. The zero-order valence-electron chi connectivity index (χ0n) is 12.4. The van der Waals surface area contributed by atoms with Crippen LogP contribution in [-0.2, 0) is 6.54 Å². The Bertz CT molecular complexity index is 742. The van der Waals surface area contributed by atoms with Crippen molar-refractivity contribution in [3.05, 3.63) is 60.3 Å². The van der Waals surface area contributed by atoms with Gasteiger partial charge in [-0.3, -0.25) is 0 Å². The van der Waals surface area contributed by atoms with Gasteiger partial charge in [0.2, 0.25) is 0 Å². The molecule has 1 aromatic heterocycles. The predicted molar refractivity (Wildman–Crippen MR) is 87.7 cm³/mol. The molecule has 0 aliphatic heterocycles. The van der Waals surface area contributed by atoms with Crippen LogP contribution >= 0.6 is 0 Å². The molecule has 0 fully saturated rings. The number of hydrogen-bond acceptors (Lipinski definition) is 2. The van der Waals surface area contributed by atoms with E-state index in [-0.39, 0.29) is 6.10 Å². The van der Waals surface area contributed by atoms with Gasteiger partial charge in [0.15, 0.2) is 0 Å². The van der Waals surface area contributed by atoms with Gasteiger partial charge in [-0.2, -0.15) is 0 Å². The Morgan fingerprint density at radius 2 is 1.81 bits per heavy atom. The van der Waals surface area contributed by atoms with E-state index < -0.39 is 0 Å². The number of aromatic nitrogens is 1. The zero-order valence-corrected chi connectivity index (χ0v) is 12.4. The number of anilines is 1. The lowest BCUT2D eigenvalue weighted by Gasteiger charge is -2.11. The van der Waals surface area contributed by atoms with Crippen LogP contribution in [0.1, 0.15) is 19.4 Å². The Morgan fingerprint density at radius 3 is 2.52 bits per heavy atom. The van der Waals surface area contributed by atoms with Crippen molar-refractivity contribution in [1.29, 1.82) is 0 Å². The minimum absolute atomic E-state index is 0.177. The summed E-state index contributed by atoms with van der Waals surface area (Å²) in [5.41, 5.74) is 8.95. The lowest BCUT2D eigenvalue weighted by molar-refractivity contribution is 0.245. The van der Waals surface area contributed by atoms with Crippen LogP contribution in [-0.4, -0.2) is 10.7 Å². The first-order chi connectivity index (χ1) is 10.1. The van der Waals surface area contributed by atoms with E-state index in [1.54, 1.807) is 0 Å². The van der Waals surface area contributed by atoms with E-state index in [0.717, 1.165) is 23.4 Å². The first kappa shape index (κ1) is 13.6. The van der Waals surface area contributed by atoms with Gasteiger partial charge in [-0.05, 0) is 49.7 Å². The SMILES string of the molecule is CC(C)Oc1cccc2c1ccn2Cc1ccc(N)cc1. The fourth-order valence-electron chi connectivity index (χ4n) is 2.51. The first-order valence-electron chi connectivity index (χ1n) is 7.22. The minimum atomic E-state index is 0.177. The van der Waals surface area contributed by atoms with Gasteiger partial charge in [-0.1, -0.05) is 18.2 Å². The van der Waals surface area contributed by atoms with Crippen molar-refractivity contribution in [2.24, 2.45) is 0 Å². The maximum absolute atomic E-state index is 5.88. The Labute approximate surface area is 125 Å². The zero-order chi connectivity index (χ0) is 14.8. The fraction of sp³-hybridized carbons (Fsp3) is 0.222. The smallest absolute Gasteiger partial charge is 0.129 e. The molecule has 108 valence electrons. The molecular formula is C18H20N2O. The third-order valence-corrected chi connectivity index (χ3v) is 3.47. The first-order valence-corrected chi connectivity index (χ1v) is 7.22. The molecule has 3 rings (SSSR count). The molecule has 3 heteroatoms. The summed E-state index contributed by atoms with van der Waals surface area (Å²) in [5.74, 6) is 0.943. The minimum Gasteiger partial charge on any atom is -0.490 e. The average molecular weight is 280 g/mol. The highest BCUT2D eigenvalue weighted by atomic mass is 16.5. The highest BCUT2D eigenvalue weighted by Crippen LogP contribution is 2.28. The molecule has 3 aromatic rings. The van der Waals surface area contributed by atoms with Crippen LogP contribution in [0.15, 0.2) is 54.7 Å². The van der Waals surface area contributed by atoms with Crippen LogP contribution < -0.4 is 10.5 Å². The summed E-state index contributed by atoms with van der Waals surface area (Å²) in [6, 6.07) is 16.3. The van der Waals surface area contributed by atoms with Crippen molar-refractivity contribution in [2.75, 3.05) is 5.73 Å². The van der Waals surface area contributed by atoms with Crippen LogP contribution in [0, 0.1) is 0 Å². The van der Waals surface area contributed by atoms with Crippen molar-refractivity contribution in [3.63, 3.8) is 0 Å². The molecule has 0 bridgehead atoms. The lowest BCUT2D eigenvalue weighted by Crippen LogP contribution is -2.05. The van der Waals surface area contributed by atoms with Gasteiger partial charge >= 0.3 is 0 Å². The normalized spacial score (nSPS) is 11.2. The number of ether oxygens (including phenoxy) is 1. The van der Waals surface area contributed by atoms with Crippen molar-refractivity contribution in [3.8, 4) is 5.75 Å². The quantitative estimate of drug-likeness (QED) is 0.732. The molecule has 0 aliphatic rings. The molecule has 2 N–H and O–H groups in total. The standard InChI is InChI=1S/C18H20N2O/c1-13(2)21-18-5-3-4-17-16(18)10-11-20(17)12-14-6-8-15(19)9-7-14/h3-11,13H,12,19H2,1-2H3. The van der Waals surface area contributed by atoms with Crippen molar-refractivity contribution in [2.45, 2.75) is 26.5 Å². The van der Waals surface area contributed by atoms with E-state index in [2.05, 4.69) is 35.0 Å². The van der Waals surface area contributed by atoms with Gasteiger partial charge in [0.25, 0.3) is 0 Å². The molecule has 0 radical (unpaired) electrons. The summed E-state index contributed by atoms with van der Waals surface area (Å²) >= 11 is 0. The van der Waals surface area contributed by atoms with Gasteiger partial charge in [-0.15, -0.1) is 0 Å². The second-order valence-electron chi connectivity index (χ2n) is 5.54. The maximum atomic E-state index is 5.88. The molecule has 3 nitrogen and oxygen atoms in total. The third kappa shape index (κ3) is 2.87. The second-order valence-corrected chi connectivity index (χ2v) is 5.54. The fourth-order valence-corrected chi connectivity index (χ4v) is 2.51. The average Bonchev–Trinajstić information content (AvgIpc) is 2.85. The van der Waals surface area contributed by atoms with Gasteiger partial charge in [0, 0.05) is 23.8 Å². The highest BCUT2D eigenvalue weighted by Gasteiger charge is 2.08. The van der Waals surface area contributed by atoms with Gasteiger partial charge in [-0.25, -0.2) is 0 Å². The Kier molecular flexibility index (Phi) is 3.57. The van der Waals surface area contributed by atoms with Crippen LogP contribution in [0.2, 0.25) is 0 Å². The molecule has 0 amide bonds. The largest absolute Gasteiger partial charge is 0.490 e. The highest BCUT2D eigenvalue weighted by molar-refractivity contribution is 5.86. The maximum Gasteiger partial charge on any atom is 0.129 e. The Balaban J connectivity index is 1.95. The molecule has 0 saturated carbocycles. The number of benzene rings is 2.